The molecule has 0 aliphatic rings. The number of hydrogen-bond donors (Lipinski definition) is 1. The molecule has 3 rings (SSSR count). The molecule has 0 aliphatic carbocycles. The molecule has 2 aromatic carbocycles. The lowest BCUT2D eigenvalue weighted by molar-refractivity contribution is 0.510. The second-order valence-corrected chi connectivity index (χ2v) is 4.85. The lowest BCUT2D eigenvalue weighted by Gasteiger charge is -2.09. The van der Waals surface area contributed by atoms with Crippen molar-refractivity contribution < 1.29 is 8.78 Å². The van der Waals surface area contributed by atoms with E-state index in [1.807, 2.05) is 0 Å². The number of fused-ring (bicyclic) bond motifs is 1. The predicted molar refractivity (Wildman–Crippen MR) is 79.4 cm³/mol. The minimum atomic E-state index is -0.971. The molecule has 21 heavy (non-hydrogen) atoms. The van der Waals surface area contributed by atoms with E-state index in [0.29, 0.717) is 16.4 Å². The van der Waals surface area contributed by atoms with E-state index in [9.17, 15) is 8.78 Å². The first kappa shape index (κ1) is 13.7. The normalized spacial score (nSPS) is 10.9. The van der Waals surface area contributed by atoms with Crippen LogP contribution in [0.25, 0.3) is 22.3 Å². The second-order valence-electron chi connectivity index (χ2n) is 4.41. The van der Waals surface area contributed by atoms with Crippen LogP contribution in [0.3, 0.4) is 0 Å². The van der Waals surface area contributed by atoms with E-state index in [4.69, 9.17) is 11.6 Å². The Bertz CT molecular complexity index is 837. The van der Waals surface area contributed by atoms with Gasteiger partial charge in [0, 0.05) is 17.5 Å². The van der Waals surface area contributed by atoms with Gasteiger partial charge in [-0.1, -0.05) is 17.7 Å². The summed E-state index contributed by atoms with van der Waals surface area (Å²) < 4.78 is 27.3. The number of rotatable bonds is 2. The number of nitrogens with one attached hydrogen (secondary N) is 1. The largest absolute Gasteiger partial charge is 0.373 e. The van der Waals surface area contributed by atoms with Crippen LogP contribution in [0.5, 0.6) is 0 Å². The van der Waals surface area contributed by atoms with Gasteiger partial charge in [0.25, 0.3) is 0 Å². The van der Waals surface area contributed by atoms with Gasteiger partial charge in [-0.3, -0.25) is 0 Å². The van der Waals surface area contributed by atoms with Crippen molar-refractivity contribution >= 4 is 28.3 Å². The van der Waals surface area contributed by atoms with Gasteiger partial charge in [0.2, 0.25) is 0 Å². The van der Waals surface area contributed by atoms with Gasteiger partial charge < -0.3 is 5.32 Å². The molecule has 1 aromatic heterocycles. The highest BCUT2D eigenvalue weighted by atomic mass is 35.5. The van der Waals surface area contributed by atoms with Crippen molar-refractivity contribution in [2.24, 2.45) is 0 Å². The molecule has 1 heterocycles. The first-order valence-corrected chi connectivity index (χ1v) is 6.57. The highest BCUT2D eigenvalue weighted by molar-refractivity contribution is 6.31. The summed E-state index contributed by atoms with van der Waals surface area (Å²) in [4.78, 5) is 8.52. The zero-order valence-electron chi connectivity index (χ0n) is 11.0. The average molecular weight is 306 g/mol. The molecule has 0 saturated carbocycles. The summed E-state index contributed by atoms with van der Waals surface area (Å²) in [5.74, 6) is -1.28. The van der Waals surface area contributed by atoms with Gasteiger partial charge in [0.15, 0.2) is 17.5 Å². The van der Waals surface area contributed by atoms with Crippen molar-refractivity contribution in [3.63, 3.8) is 0 Å². The fraction of sp³-hybridized carbons (Fsp3) is 0.0667. The fourth-order valence-electron chi connectivity index (χ4n) is 2.09. The Morgan fingerprint density at radius 2 is 1.90 bits per heavy atom. The van der Waals surface area contributed by atoms with Crippen LogP contribution in [0.4, 0.5) is 14.6 Å². The molecule has 3 nitrogen and oxygen atoms in total. The quantitative estimate of drug-likeness (QED) is 0.768. The predicted octanol–water partition coefficient (Wildman–Crippen LogP) is 4.27. The summed E-state index contributed by atoms with van der Waals surface area (Å²) in [6.07, 6.45) is 0. The summed E-state index contributed by atoms with van der Waals surface area (Å²) >= 11 is 5.95. The van der Waals surface area contributed by atoms with Gasteiger partial charge in [0.1, 0.15) is 5.82 Å². The maximum atomic E-state index is 13.9. The molecule has 0 radical (unpaired) electrons. The SMILES string of the molecule is CNc1nc(-c2cccc(F)c2F)nc2cc(Cl)ccc12. The van der Waals surface area contributed by atoms with Crippen LogP contribution in [-0.2, 0) is 0 Å². The van der Waals surface area contributed by atoms with Crippen LogP contribution in [0.1, 0.15) is 0 Å². The van der Waals surface area contributed by atoms with Crippen LogP contribution >= 0.6 is 11.6 Å². The molecule has 3 aromatic rings. The summed E-state index contributed by atoms with van der Waals surface area (Å²) in [7, 11) is 1.70. The van der Waals surface area contributed by atoms with E-state index in [-0.39, 0.29) is 11.4 Å². The Labute approximate surface area is 124 Å². The van der Waals surface area contributed by atoms with Crippen LogP contribution in [0.15, 0.2) is 36.4 Å². The maximum absolute atomic E-state index is 13.9. The molecule has 0 bridgehead atoms. The zero-order valence-corrected chi connectivity index (χ0v) is 11.7. The van der Waals surface area contributed by atoms with Crippen molar-refractivity contribution in [2.75, 3.05) is 12.4 Å². The van der Waals surface area contributed by atoms with Gasteiger partial charge in [0.05, 0.1) is 11.1 Å². The van der Waals surface area contributed by atoms with E-state index in [1.54, 1.807) is 25.2 Å². The maximum Gasteiger partial charge on any atom is 0.169 e. The third-order valence-corrected chi connectivity index (χ3v) is 3.32. The smallest absolute Gasteiger partial charge is 0.169 e. The number of benzene rings is 2. The molecule has 0 unspecified atom stereocenters. The molecule has 0 spiro atoms. The van der Waals surface area contributed by atoms with Gasteiger partial charge in [-0.15, -0.1) is 0 Å². The van der Waals surface area contributed by atoms with Crippen LogP contribution in [0, 0.1) is 11.6 Å². The Hall–Kier alpha value is -2.27. The Kier molecular flexibility index (Phi) is 3.43. The summed E-state index contributed by atoms with van der Waals surface area (Å²) in [6, 6.07) is 9.05. The minimum Gasteiger partial charge on any atom is -0.373 e. The molecule has 106 valence electrons. The topological polar surface area (TPSA) is 37.8 Å². The van der Waals surface area contributed by atoms with E-state index in [0.717, 1.165) is 11.5 Å². The molecule has 0 saturated heterocycles. The van der Waals surface area contributed by atoms with Crippen LogP contribution in [-0.4, -0.2) is 17.0 Å². The first-order valence-electron chi connectivity index (χ1n) is 6.19. The molecule has 6 heteroatoms. The third-order valence-electron chi connectivity index (χ3n) is 3.09. The molecule has 0 fully saturated rings. The monoisotopic (exact) mass is 305 g/mol. The van der Waals surface area contributed by atoms with E-state index >= 15 is 0 Å². The zero-order chi connectivity index (χ0) is 15.0. The van der Waals surface area contributed by atoms with Crippen molar-refractivity contribution in [2.45, 2.75) is 0 Å². The number of anilines is 1. The third kappa shape index (κ3) is 2.40. The van der Waals surface area contributed by atoms with Crippen molar-refractivity contribution in [1.82, 2.24) is 9.97 Å². The molecule has 1 N–H and O–H groups in total. The summed E-state index contributed by atoms with van der Waals surface area (Å²) in [6.45, 7) is 0. The van der Waals surface area contributed by atoms with E-state index < -0.39 is 11.6 Å². The number of halogens is 3. The number of aromatic nitrogens is 2. The molecule has 0 aliphatic heterocycles. The van der Waals surface area contributed by atoms with Crippen molar-refractivity contribution in [3.8, 4) is 11.4 Å². The Morgan fingerprint density at radius 3 is 2.67 bits per heavy atom. The summed E-state index contributed by atoms with van der Waals surface area (Å²) in [5, 5.41) is 4.18. The van der Waals surface area contributed by atoms with Crippen LogP contribution < -0.4 is 5.32 Å². The first-order chi connectivity index (χ1) is 10.1. The molecular weight excluding hydrogens is 296 g/mol. The van der Waals surface area contributed by atoms with Gasteiger partial charge in [-0.2, -0.15) is 0 Å². The Balaban J connectivity index is 2.30. The lowest BCUT2D eigenvalue weighted by atomic mass is 10.1. The van der Waals surface area contributed by atoms with Gasteiger partial charge in [-0.25, -0.2) is 18.7 Å². The van der Waals surface area contributed by atoms with Crippen molar-refractivity contribution in [1.29, 1.82) is 0 Å². The fourth-order valence-corrected chi connectivity index (χ4v) is 2.26. The standard InChI is InChI=1S/C15H10ClF2N3/c1-19-14-9-6-5-8(16)7-12(9)20-15(21-14)10-3-2-4-11(17)13(10)18/h2-7H,1H3,(H,19,20,21). The molecule has 0 amide bonds. The highest BCUT2D eigenvalue weighted by Crippen LogP contribution is 2.28. The van der Waals surface area contributed by atoms with Gasteiger partial charge in [-0.05, 0) is 30.3 Å². The second kappa shape index (κ2) is 5.26. The van der Waals surface area contributed by atoms with E-state index in [2.05, 4.69) is 15.3 Å². The lowest BCUT2D eigenvalue weighted by Crippen LogP contribution is -2.00. The average Bonchev–Trinajstić information content (AvgIpc) is 2.48. The Morgan fingerprint density at radius 1 is 1.10 bits per heavy atom. The minimum absolute atomic E-state index is 0.00776. The van der Waals surface area contributed by atoms with Gasteiger partial charge >= 0.3 is 0 Å². The summed E-state index contributed by atoms with van der Waals surface area (Å²) in [5.41, 5.74) is 0.564. The molecule has 0 atom stereocenters. The highest BCUT2D eigenvalue weighted by Gasteiger charge is 2.15. The van der Waals surface area contributed by atoms with E-state index in [1.165, 1.54) is 12.1 Å². The van der Waals surface area contributed by atoms with Crippen molar-refractivity contribution in [3.05, 3.63) is 53.1 Å². The number of nitrogens with zero attached hydrogens (tertiary/aromatic N) is 2. The van der Waals surface area contributed by atoms with Crippen LogP contribution in [0.2, 0.25) is 5.02 Å². The molecular formula is C15H10ClF2N3. The number of hydrogen-bond acceptors (Lipinski definition) is 3.